The highest BCUT2D eigenvalue weighted by Gasteiger charge is 2.45. The van der Waals surface area contributed by atoms with Gasteiger partial charge in [-0.05, 0) is 56.9 Å². The van der Waals surface area contributed by atoms with Crippen LogP contribution < -0.4 is 5.32 Å². The summed E-state index contributed by atoms with van der Waals surface area (Å²) >= 11 is 0. The quantitative estimate of drug-likeness (QED) is 0.918. The molecule has 3 atom stereocenters. The molecule has 2 saturated heterocycles. The maximum atomic E-state index is 13.2. The molecule has 128 valence electrons. The summed E-state index contributed by atoms with van der Waals surface area (Å²) in [6.45, 7) is 0.967. The van der Waals surface area contributed by atoms with Gasteiger partial charge in [-0.15, -0.1) is 12.4 Å². The monoisotopic (exact) mass is 338 g/mol. The predicted octanol–water partition coefficient (Wildman–Crippen LogP) is 2.14. The van der Waals surface area contributed by atoms with E-state index in [0.717, 1.165) is 29.9 Å². The van der Waals surface area contributed by atoms with Crippen LogP contribution in [0.3, 0.4) is 0 Å². The van der Waals surface area contributed by atoms with E-state index < -0.39 is 0 Å². The average molecular weight is 339 g/mol. The second kappa shape index (κ2) is 6.44. The number of fused-ring (bicyclic) bond motifs is 1. The van der Waals surface area contributed by atoms with Crippen LogP contribution >= 0.6 is 12.4 Å². The number of carbonyl (C=O) groups excluding carboxylic acids is 1. The molecule has 6 heteroatoms. The lowest BCUT2D eigenvalue weighted by atomic mass is 9.68. The molecule has 23 heavy (non-hydrogen) atoms. The van der Waals surface area contributed by atoms with Crippen LogP contribution in [-0.4, -0.2) is 40.2 Å². The first-order valence-corrected chi connectivity index (χ1v) is 8.60. The van der Waals surface area contributed by atoms with E-state index >= 15 is 0 Å². The molecular formula is C17H27ClN4O. The van der Waals surface area contributed by atoms with E-state index in [2.05, 4.69) is 15.3 Å². The van der Waals surface area contributed by atoms with Crippen LogP contribution in [0.5, 0.6) is 0 Å². The molecule has 4 aliphatic rings. The molecule has 1 aromatic heterocycles. The molecule has 4 fully saturated rings. The van der Waals surface area contributed by atoms with Gasteiger partial charge in [0.25, 0.3) is 0 Å². The van der Waals surface area contributed by atoms with Gasteiger partial charge < -0.3 is 10.2 Å². The SMILES string of the molecule is CNC(C(=O)N1CC2CC3CC(C2)CC1C3)c1cnn(C)c1.Cl. The second-order valence-electron chi connectivity index (χ2n) is 7.59. The number of rotatable bonds is 3. The third-order valence-corrected chi connectivity index (χ3v) is 5.98. The Morgan fingerprint density at radius 2 is 1.87 bits per heavy atom. The van der Waals surface area contributed by atoms with Crippen LogP contribution in [0.25, 0.3) is 0 Å². The number of halogens is 1. The van der Waals surface area contributed by atoms with Crippen molar-refractivity contribution in [3.8, 4) is 0 Å². The van der Waals surface area contributed by atoms with Gasteiger partial charge in [0.05, 0.1) is 6.20 Å². The normalized spacial score (nSPS) is 33.2. The van der Waals surface area contributed by atoms with Gasteiger partial charge in [-0.3, -0.25) is 9.48 Å². The minimum absolute atomic E-state index is 0. The molecule has 2 saturated carbocycles. The summed E-state index contributed by atoms with van der Waals surface area (Å²) in [4.78, 5) is 15.4. The third-order valence-electron chi connectivity index (χ3n) is 5.98. The zero-order valence-electron chi connectivity index (χ0n) is 13.9. The van der Waals surface area contributed by atoms with Gasteiger partial charge in [0.15, 0.2) is 0 Å². The van der Waals surface area contributed by atoms with E-state index in [1.54, 1.807) is 10.9 Å². The van der Waals surface area contributed by atoms with Crippen LogP contribution in [0, 0.1) is 17.8 Å². The molecule has 3 unspecified atom stereocenters. The number of carbonyl (C=O) groups is 1. The summed E-state index contributed by atoms with van der Waals surface area (Å²) in [5.74, 6) is 2.71. The molecule has 1 aromatic rings. The molecule has 3 heterocycles. The van der Waals surface area contributed by atoms with Crippen LogP contribution in [0.15, 0.2) is 12.4 Å². The molecule has 2 aliphatic heterocycles. The highest BCUT2D eigenvalue weighted by atomic mass is 35.5. The van der Waals surface area contributed by atoms with Crippen molar-refractivity contribution in [3.63, 3.8) is 0 Å². The van der Waals surface area contributed by atoms with Gasteiger partial charge in [0.2, 0.25) is 5.91 Å². The van der Waals surface area contributed by atoms with Crippen LogP contribution in [0.4, 0.5) is 0 Å². The maximum absolute atomic E-state index is 13.2. The van der Waals surface area contributed by atoms with Crippen LogP contribution in [-0.2, 0) is 11.8 Å². The first-order valence-electron chi connectivity index (χ1n) is 8.60. The van der Waals surface area contributed by atoms with Crippen LogP contribution in [0.2, 0.25) is 0 Å². The van der Waals surface area contributed by atoms with Crippen molar-refractivity contribution in [1.82, 2.24) is 20.0 Å². The number of aryl methyl sites for hydroxylation is 1. The Hall–Kier alpha value is -1.07. The number of hydrogen-bond acceptors (Lipinski definition) is 3. The number of nitrogens with zero attached hydrogens (tertiary/aromatic N) is 3. The maximum Gasteiger partial charge on any atom is 0.244 e. The van der Waals surface area contributed by atoms with Crippen molar-refractivity contribution in [2.45, 2.75) is 44.2 Å². The Kier molecular flexibility index (Phi) is 4.70. The zero-order chi connectivity index (χ0) is 15.3. The highest BCUT2D eigenvalue weighted by molar-refractivity contribution is 5.85. The van der Waals surface area contributed by atoms with E-state index in [-0.39, 0.29) is 24.4 Å². The van der Waals surface area contributed by atoms with Crippen molar-refractivity contribution in [1.29, 1.82) is 0 Å². The van der Waals surface area contributed by atoms with Crippen molar-refractivity contribution in [2.24, 2.45) is 24.8 Å². The smallest absolute Gasteiger partial charge is 0.244 e. The number of nitrogens with one attached hydrogen (secondary N) is 1. The number of hydrogen-bond donors (Lipinski definition) is 1. The molecule has 0 spiro atoms. The van der Waals surface area contributed by atoms with Gasteiger partial charge in [0.1, 0.15) is 6.04 Å². The Bertz CT molecular complexity index is 561. The topological polar surface area (TPSA) is 50.2 Å². The molecule has 5 nitrogen and oxygen atoms in total. The van der Waals surface area contributed by atoms with Gasteiger partial charge >= 0.3 is 0 Å². The molecule has 2 aliphatic carbocycles. The van der Waals surface area contributed by atoms with Gasteiger partial charge in [-0.25, -0.2) is 0 Å². The highest BCUT2D eigenvalue weighted by Crippen LogP contribution is 2.47. The standard InChI is InChI=1S/C17H26N4O.ClH/c1-18-16(14-8-19-20(2)10-14)17(22)21-9-13-4-11-3-12(5-13)7-15(21)6-11;/h8,10-13,15-16,18H,3-7,9H2,1-2H3;1H. The first kappa shape index (κ1) is 16.8. The lowest BCUT2D eigenvalue weighted by Gasteiger charge is -2.39. The number of amides is 1. The second-order valence-corrected chi connectivity index (χ2v) is 7.59. The fraction of sp³-hybridized carbons (Fsp3) is 0.765. The molecule has 5 rings (SSSR count). The Morgan fingerprint density at radius 1 is 1.22 bits per heavy atom. The summed E-state index contributed by atoms with van der Waals surface area (Å²) < 4.78 is 1.77. The Morgan fingerprint density at radius 3 is 2.43 bits per heavy atom. The number of aromatic nitrogens is 2. The molecule has 1 amide bonds. The summed E-state index contributed by atoms with van der Waals surface area (Å²) in [5, 5.41) is 7.43. The van der Waals surface area contributed by atoms with E-state index in [0.29, 0.717) is 6.04 Å². The van der Waals surface area contributed by atoms with Gasteiger partial charge in [-0.2, -0.15) is 5.10 Å². The lowest BCUT2D eigenvalue weighted by molar-refractivity contribution is -0.136. The van der Waals surface area contributed by atoms with E-state index in [1.807, 2.05) is 20.3 Å². The summed E-state index contributed by atoms with van der Waals surface area (Å²) in [6.07, 6.45) is 10.3. The zero-order valence-corrected chi connectivity index (χ0v) is 14.8. The lowest BCUT2D eigenvalue weighted by Crippen LogP contribution is -2.46. The molecular weight excluding hydrogens is 312 g/mol. The molecule has 0 radical (unpaired) electrons. The fourth-order valence-electron chi connectivity index (χ4n) is 5.24. The largest absolute Gasteiger partial charge is 0.338 e. The van der Waals surface area contributed by atoms with Gasteiger partial charge in [-0.1, -0.05) is 0 Å². The summed E-state index contributed by atoms with van der Waals surface area (Å²) in [7, 11) is 3.77. The minimum Gasteiger partial charge on any atom is -0.338 e. The van der Waals surface area contributed by atoms with Crippen molar-refractivity contribution >= 4 is 18.3 Å². The first-order chi connectivity index (χ1) is 10.6. The van der Waals surface area contributed by atoms with Crippen molar-refractivity contribution in [2.75, 3.05) is 13.6 Å². The predicted molar refractivity (Wildman–Crippen MR) is 91.3 cm³/mol. The third kappa shape index (κ3) is 3.01. The Labute approximate surface area is 144 Å². The minimum atomic E-state index is -0.260. The summed E-state index contributed by atoms with van der Waals surface area (Å²) in [5.41, 5.74) is 0.971. The average Bonchev–Trinajstić information content (AvgIpc) is 2.80. The number of likely N-dealkylation sites (N-methyl/N-ethyl adjacent to an activating group) is 1. The Balaban J connectivity index is 0.00000156. The van der Waals surface area contributed by atoms with Gasteiger partial charge in [0, 0.05) is 31.4 Å². The van der Waals surface area contributed by atoms with Crippen LogP contribution in [0.1, 0.15) is 43.7 Å². The molecule has 0 aromatic carbocycles. The van der Waals surface area contributed by atoms with Crippen molar-refractivity contribution < 1.29 is 4.79 Å². The van der Waals surface area contributed by atoms with E-state index in [4.69, 9.17) is 0 Å². The van der Waals surface area contributed by atoms with E-state index in [1.165, 1.54) is 32.1 Å². The fourth-order valence-corrected chi connectivity index (χ4v) is 5.24. The molecule has 4 bridgehead atoms. The molecule has 1 N–H and O–H groups in total. The van der Waals surface area contributed by atoms with E-state index in [9.17, 15) is 4.79 Å². The summed E-state index contributed by atoms with van der Waals surface area (Å²) in [6, 6.07) is 0.209. The van der Waals surface area contributed by atoms with Crippen molar-refractivity contribution in [3.05, 3.63) is 18.0 Å².